The molecule has 1 amide bonds. The number of carbonyl (C=O) groups excluding carboxylic acids is 1. The molecule has 14 heteroatoms. The van der Waals surface area contributed by atoms with Gasteiger partial charge in [0, 0.05) is 6.04 Å². The van der Waals surface area contributed by atoms with Crippen LogP contribution < -0.4 is 5.32 Å². The van der Waals surface area contributed by atoms with E-state index in [1.807, 2.05) is 0 Å². The van der Waals surface area contributed by atoms with Crippen LogP contribution in [0.1, 0.15) is 12.8 Å². The Balaban J connectivity index is 3.28. The second kappa shape index (κ2) is 5.58. The predicted molar refractivity (Wildman–Crippen MR) is 51.9 cm³/mol. The molecule has 0 aliphatic heterocycles. The first kappa shape index (κ1) is 20.7. The van der Waals surface area contributed by atoms with Crippen LogP contribution in [0.3, 0.4) is 0 Å². The summed E-state index contributed by atoms with van der Waals surface area (Å²) in [5, 5.41) is 1.10. The van der Waals surface area contributed by atoms with Gasteiger partial charge in [-0.15, -0.1) is 0 Å². The Bertz CT molecular complexity index is 498. The zero-order chi connectivity index (χ0) is 19.4. The molecule has 1 N–H and O–H groups in total. The van der Waals surface area contributed by atoms with E-state index in [2.05, 4.69) is 0 Å². The van der Waals surface area contributed by atoms with E-state index in [0.29, 0.717) is 0 Å². The van der Waals surface area contributed by atoms with Crippen LogP contribution in [0.25, 0.3) is 0 Å². The van der Waals surface area contributed by atoms with Gasteiger partial charge in [0.15, 0.2) is 0 Å². The highest BCUT2D eigenvalue weighted by Gasteiger charge is 2.89. The van der Waals surface area contributed by atoms with Crippen molar-refractivity contribution in [2.75, 3.05) is 0 Å². The molecule has 0 aromatic carbocycles. The van der Waals surface area contributed by atoms with Crippen molar-refractivity contribution in [3.8, 4) is 0 Å². The first-order valence-electron chi connectivity index (χ1n) is 5.92. The van der Waals surface area contributed by atoms with Crippen LogP contribution in [0.15, 0.2) is 0 Å². The molecule has 0 unspecified atom stereocenters. The summed E-state index contributed by atoms with van der Waals surface area (Å²) in [4.78, 5) is 10.9. The molecular weight excluding hydrogens is 378 g/mol. The zero-order valence-electron chi connectivity index (χ0n) is 11.0. The van der Waals surface area contributed by atoms with E-state index in [0.717, 1.165) is 5.32 Å². The molecule has 0 bridgehead atoms. The molecule has 0 radical (unpaired) electrons. The average Bonchev–Trinajstić information content (AvgIpc) is 3.21. The Morgan fingerprint density at radius 1 is 0.792 bits per heavy atom. The molecule has 1 aliphatic carbocycles. The van der Waals surface area contributed by atoms with Crippen molar-refractivity contribution in [1.82, 2.24) is 5.32 Å². The Labute approximate surface area is 125 Å². The van der Waals surface area contributed by atoms with E-state index >= 15 is 0 Å². The minimum atomic E-state index is -7.68. The van der Waals surface area contributed by atoms with Crippen molar-refractivity contribution in [3.63, 3.8) is 0 Å². The monoisotopic (exact) mass is 385 g/mol. The standard InChI is InChI=1S/C10H7F12NO/c11-4(12)6(13,14)8(17,18)10(21,22)9(19,20)7(15,16)5(24)23-3-1-2-3/h3-4H,1-2H2,(H,23,24). The van der Waals surface area contributed by atoms with E-state index in [1.165, 1.54) is 0 Å². The second-order valence-corrected chi connectivity index (χ2v) is 4.97. The van der Waals surface area contributed by atoms with E-state index in [1.54, 1.807) is 0 Å². The van der Waals surface area contributed by atoms with Crippen molar-refractivity contribution in [3.05, 3.63) is 0 Å². The lowest BCUT2D eigenvalue weighted by Crippen LogP contribution is -2.70. The number of nitrogens with one attached hydrogen (secondary N) is 1. The summed E-state index contributed by atoms with van der Waals surface area (Å²) in [6.07, 6.45) is -5.56. The van der Waals surface area contributed by atoms with Gasteiger partial charge in [-0.2, -0.15) is 43.9 Å². The van der Waals surface area contributed by atoms with Crippen molar-refractivity contribution in [2.45, 2.75) is 54.9 Å². The molecule has 1 rings (SSSR count). The summed E-state index contributed by atoms with van der Waals surface area (Å²) in [6, 6.07) is -1.10. The maximum absolute atomic E-state index is 13.2. The van der Waals surface area contributed by atoms with Crippen LogP contribution in [0.5, 0.6) is 0 Å². The van der Waals surface area contributed by atoms with E-state index in [9.17, 15) is 57.5 Å². The first-order chi connectivity index (χ1) is 10.4. The Kier molecular flexibility index (Phi) is 4.80. The van der Waals surface area contributed by atoms with E-state index in [-0.39, 0.29) is 12.8 Å². The number of hydrogen-bond acceptors (Lipinski definition) is 1. The number of hydrogen-bond donors (Lipinski definition) is 1. The largest absolute Gasteiger partial charge is 0.392 e. The smallest absolute Gasteiger partial charge is 0.348 e. The zero-order valence-corrected chi connectivity index (χ0v) is 11.0. The van der Waals surface area contributed by atoms with Crippen LogP contribution in [0.4, 0.5) is 52.7 Å². The van der Waals surface area contributed by atoms with Crippen LogP contribution in [0.2, 0.25) is 0 Å². The third kappa shape index (κ3) is 2.76. The molecule has 24 heavy (non-hydrogen) atoms. The van der Waals surface area contributed by atoms with Gasteiger partial charge in [-0.05, 0) is 12.8 Å². The number of alkyl halides is 12. The van der Waals surface area contributed by atoms with Gasteiger partial charge in [0.1, 0.15) is 0 Å². The topological polar surface area (TPSA) is 29.1 Å². The highest BCUT2D eigenvalue weighted by Crippen LogP contribution is 2.58. The fourth-order valence-corrected chi connectivity index (χ4v) is 1.39. The maximum atomic E-state index is 13.2. The van der Waals surface area contributed by atoms with Gasteiger partial charge in [0.2, 0.25) is 0 Å². The molecule has 1 aliphatic rings. The third-order valence-electron chi connectivity index (χ3n) is 3.07. The van der Waals surface area contributed by atoms with E-state index in [4.69, 9.17) is 0 Å². The van der Waals surface area contributed by atoms with Crippen molar-refractivity contribution in [1.29, 1.82) is 0 Å². The number of amides is 1. The fourth-order valence-electron chi connectivity index (χ4n) is 1.39. The quantitative estimate of drug-likeness (QED) is 0.666. The lowest BCUT2D eigenvalue weighted by Gasteiger charge is -2.38. The van der Waals surface area contributed by atoms with Crippen LogP contribution in [-0.4, -0.2) is 48.0 Å². The van der Waals surface area contributed by atoms with Gasteiger partial charge < -0.3 is 5.32 Å². The summed E-state index contributed by atoms with van der Waals surface area (Å²) in [6.45, 7) is 0. The molecule has 142 valence electrons. The Morgan fingerprint density at radius 2 is 1.21 bits per heavy atom. The molecule has 0 aromatic rings. The Morgan fingerprint density at radius 3 is 1.54 bits per heavy atom. The minimum Gasteiger partial charge on any atom is -0.348 e. The summed E-state index contributed by atoms with van der Waals surface area (Å²) in [5.41, 5.74) is 0. The summed E-state index contributed by atoms with van der Waals surface area (Å²) < 4.78 is 153. The Hall–Kier alpha value is -1.37. The molecule has 0 atom stereocenters. The lowest BCUT2D eigenvalue weighted by molar-refractivity contribution is -0.407. The second-order valence-electron chi connectivity index (χ2n) is 4.97. The van der Waals surface area contributed by atoms with Gasteiger partial charge in [0.25, 0.3) is 5.91 Å². The summed E-state index contributed by atoms with van der Waals surface area (Å²) in [5.74, 6) is -39.4. The SMILES string of the molecule is O=C(NC1CC1)C(F)(F)C(F)(F)C(F)(F)C(F)(F)C(F)(F)C(F)F. The van der Waals surface area contributed by atoms with Crippen LogP contribution >= 0.6 is 0 Å². The molecule has 2 nitrogen and oxygen atoms in total. The molecule has 0 aromatic heterocycles. The highest BCUT2D eigenvalue weighted by atomic mass is 19.4. The van der Waals surface area contributed by atoms with Crippen LogP contribution in [-0.2, 0) is 4.79 Å². The number of rotatable bonds is 7. The predicted octanol–water partition coefficient (Wildman–Crippen LogP) is 3.71. The van der Waals surface area contributed by atoms with Gasteiger partial charge in [-0.1, -0.05) is 0 Å². The molecule has 0 spiro atoms. The van der Waals surface area contributed by atoms with Crippen molar-refractivity contribution < 1.29 is 57.5 Å². The highest BCUT2D eigenvalue weighted by molar-refractivity contribution is 5.85. The lowest BCUT2D eigenvalue weighted by atomic mass is 9.94. The normalized spacial score (nSPS) is 18.0. The van der Waals surface area contributed by atoms with Gasteiger partial charge in [-0.25, -0.2) is 8.78 Å². The van der Waals surface area contributed by atoms with Gasteiger partial charge in [-0.3, -0.25) is 4.79 Å². The molecule has 1 saturated carbocycles. The fraction of sp³-hybridized carbons (Fsp3) is 0.900. The number of carbonyl (C=O) groups is 1. The van der Waals surface area contributed by atoms with E-state index < -0.39 is 48.0 Å². The third-order valence-corrected chi connectivity index (χ3v) is 3.07. The van der Waals surface area contributed by atoms with Gasteiger partial charge in [0.05, 0.1) is 0 Å². The van der Waals surface area contributed by atoms with Crippen molar-refractivity contribution >= 4 is 5.91 Å². The summed E-state index contributed by atoms with van der Waals surface area (Å²) >= 11 is 0. The summed E-state index contributed by atoms with van der Waals surface area (Å²) in [7, 11) is 0. The molecule has 0 heterocycles. The average molecular weight is 385 g/mol. The molecular formula is C10H7F12NO. The number of halogens is 12. The van der Waals surface area contributed by atoms with Crippen LogP contribution in [0, 0.1) is 0 Å². The van der Waals surface area contributed by atoms with Crippen molar-refractivity contribution in [2.24, 2.45) is 0 Å². The van der Waals surface area contributed by atoms with Gasteiger partial charge >= 0.3 is 36.0 Å². The molecule has 1 fully saturated rings. The maximum Gasteiger partial charge on any atom is 0.392 e. The first-order valence-corrected chi connectivity index (χ1v) is 5.92. The minimum absolute atomic E-state index is 0.00337. The molecule has 0 saturated heterocycles.